The molecule has 1 N–H and O–H groups in total. The van der Waals surface area contributed by atoms with E-state index in [1.165, 1.54) is 11.1 Å². The molecular weight excluding hydrogens is 366 g/mol. The van der Waals surface area contributed by atoms with E-state index in [1.54, 1.807) is 19.2 Å². The molecule has 2 aliphatic heterocycles. The smallest absolute Gasteiger partial charge is 0.317 e. The van der Waals surface area contributed by atoms with Crippen molar-refractivity contribution in [3.63, 3.8) is 0 Å². The number of piperidine rings is 1. The van der Waals surface area contributed by atoms with Crippen LogP contribution in [0.4, 0.5) is 4.79 Å². The first-order valence-electron chi connectivity index (χ1n) is 10.2. The number of carbonyl (C=O) groups excluding carboxylic acids is 2. The maximum absolute atomic E-state index is 12.8. The molecule has 4 rings (SSSR count). The third-order valence-electron chi connectivity index (χ3n) is 5.87. The quantitative estimate of drug-likeness (QED) is 0.872. The first-order valence-corrected chi connectivity index (χ1v) is 10.2. The molecule has 1 saturated heterocycles. The second-order valence-corrected chi connectivity index (χ2v) is 7.66. The molecule has 2 aromatic rings. The highest BCUT2D eigenvalue weighted by Gasteiger charge is 2.28. The Kier molecular flexibility index (Phi) is 5.69. The molecular formula is C23H27N3O3. The maximum atomic E-state index is 12.8. The van der Waals surface area contributed by atoms with Gasteiger partial charge in [-0.2, -0.15) is 0 Å². The van der Waals surface area contributed by atoms with Crippen LogP contribution in [0.3, 0.4) is 0 Å². The summed E-state index contributed by atoms with van der Waals surface area (Å²) in [5.74, 6) is 0.582. The number of urea groups is 1. The zero-order valence-electron chi connectivity index (χ0n) is 16.8. The van der Waals surface area contributed by atoms with Crippen molar-refractivity contribution in [2.45, 2.75) is 31.8 Å². The lowest BCUT2D eigenvalue weighted by molar-refractivity contribution is 0.0703. The number of nitrogens with one attached hydrogen (secondary N) is 1. The zero-order valence-corrected chi connectivity index (χ0v) is 16.8. The van der Waals surface area contributed by atoms with Gasteiger partial charge in [-0.25, -0.2) is 4.79 Å². The zero-order chi connectivity index (χ0) is 20.2. The molecule has 29 heavy (non-hydrogen) atoms. The number of ether oxygens (including phenoxy) is 1. The van der Waals surface area contributed by atoms with Gasteiger partial charge in [-0.05, 0) is 42.5 Å². The SMILES string of the molecule is COc1ccccc1C(=O)N1CCC(NC(=O)N2CCc3ccccc3C2)CC1. The number of likely N-dealkylation sites (tertiary alicyclic amines) is 1. The summed E-state index contributed by atoms with van der Waals surface area (Å²) >= 11 is 0. The van der Waals surface area contributed by atoms with Crippen LogP contribution in [0.2, 0.25) is 0 Å². The van der Waals surface area contributed by atoms with E-state index in [2.05, 4.69) is 23.5 Å². The van der Waals surface area contributed by atoms with Crippen molar-refractivity contribution >= 4 is 11.9 Å². The molecule has 0 atom stereocenters. The number of hydrogen-bond acceptors (Lipinski definition) is 3. The van der Waals surface area contributed by atoms with Crippen molar-refractivity contribution in [2.24, 2.45) is 0 Å². The molecule has 1 fully saturated rings. The van der Waals surface area contributed by atoms with Crippen molar-refractivity contribution in [1.82, 2.24) is 15.1 Å². The highest BCUT2D eigenvalue weighted by atomic mass is 16.5. The van der Waals surface area contributed by atoms with Crippen LogP contribution in [0.5, 0.6) is 5.75 Å². The van der Waals surface area contributed by atoms with Crippen LogP contribution >= 0.6 is 0 Å². The largest absolute Gasteiger partial charge is 0.496 e. The van der Waals surface area contributed by atoms with E-state index in [0.717, 1.165) is 25.8 Å². The summed E-state index contributed by atoms with van der Waals surface area (Å²) < 4.78 is 5.31. The van der Waals surface area contributed by atoms with Crippen LogP contribution in [-0.2, 0) is 13.0 Å². The number of hydrogen-bond donors (Lipinski definition) is 1. The van der Waals surface area contributed by atoms with Crippen LogP contribution in [-0.4, -0.2) is 54.5 Å². The lowest BCUT2D eigenvalue weighted by atomic mass is 10.00. The molecule has 6 nitrogen and oxygen atoms in total. The van der Waals surface area contributed by atoms with Crippen molar-refractivity contribution in [1.29, 1.82) is 0 Å². The van der Waals surface area contributed by atoms with E-state index in [4.69, 9.17) is 4.74 Å². The normalized spacial score (nSPS) is 16.9. The molecule has 3 amide bonds. The van der Waals surface area contributed by atoms with Gasteiger partial charge in [0.2, 0.25) is 0 Å². The van der Waals surface area contributed by atoms with Crippen LogP contribution in [0.15, 0.2) is 48.5 Å². The Labute approximate surface area is 171 Å². The lowest BCUT2D eigenvalue weighted by Gasteiger charge is -2.35. The fraction of sp³-hybridized carbons (Fsp3) is 0.391. The summed E-state index contributed by atoms with van der Waals surface area (Å²) in [6, 6.07) is 15.7. The van der Waals surface area contributed by atoms with E-state index in [1.807, 2.05) is 28.0 Å². The van der Waals surface area contributed by atoms with Gasteiger partial charge in [-0.15, -0.1) is 0 Å². The van der Waals surface area contributed by atoms with E-state index < -0.39 is 0 Å². The summed E-state index contributed by atoms with van der Waals surface area (Å²) in [5, 5.41) is 3.17. The van der Waals surface area contributed by atoms with Crippen LogP contribution in [0.25, 0.3) is 0 Å². The third kappa shape index (κ3) is 4.21. The van der Waals surface area contributed by atoms with Gasteiger partial charge in [0.25, 0.3) is 5.91 Å². The number of carbonyl (C=O) groups is 2. The molecule has 0 unspecified atom stereocenters. The van der Waals surface area contributed by atoms with E-state index in [9.17, 15) is 9.59 Å². The van der Waals surface area contributed by atoms with Gasteiger partial charge in [0.15, 0.2) is 0 Å². The summed E-state index contributed by atoms with van der Waals surface area (Å²) in [6.07, 6.45) is 2.42. The molecule has 0 radical (unpaired) electrons. The Morgan fingerprint density at radius 3 is 2.38 bits per heavy atom. The first kappa shape index (κ1) is 19.3. The standard InChI is InChI=1S/C23H27N3O3/c1-29-21-9-5-4-8-20(21)22(27)25-14-11-19(12-15-25)24-23(28)26-13-10-17-6-2-3-7-18(17)16-26/h2-9,19H,10-16H2,1H3,(H,24,28). The van der Waals surface area contributed by atoms with Crippen LogP contribution in [0, 0.1) is 0 Å². The van der Waals surface area contributed by atoms with Gasteiger partial charge in [0, 0.05) is 32.2 Å². The minimum Gasteiger partial charge on any atom is -0.496 e. The number of rotatable bonds is 3. The molecule has 0 saturated carbocycles. The minimum atomic E-state index is -0.0140. The monoisotopic (exact) mass is 393 g/mol. The first-order chi connectivity index (χ1) is 14.2. The second kappa shape index (κ2) is 8.55. The van der Waals surface area contributed by atoms with Gasteiger partial charge in [0.1, 0.15) is 5.75 Å². The summed E-state index contributed by atoms with van der Waals surface area (Å²) in [4.78, 5) is 29.3. The highest BCUT2D eigenvalue weighted by molar-refractivity contribution is 5.97. The van der Waals surface area contributed by atoms with Crippen molar-refractivity contribution in [3.05, 3.63) is 65.2 Å². The molecule has 2 aliphatic rings. The average molecular weight is 393 g/mol. The van der Waals surface area contributed by atoms with Crippen molar-refractivity contribution in [2.75, 3.05) is 26.7 Å². The Morgan fingerprint density at radius 1 is 0.931 bits per heavy atom. The van der Waals surface area contributed by atoms with Gasteiger partial charge in [-0.1, -0.05) is 36.4 Å². The van der Waals surface area contributed by atoms with Gasteiger partial charge in [-0.3, -0.25) is 4.79 Å². The van der Waals surface area contributed by atoms with Crippen LogP contribution in [0.1, 0.15) is 34.3 Å². The molecule has 2 heterocycles. The van der Waals surface area contributed by atoms with Crippen molar-refractivity contribution in [3.8, 4) is 5.75 Å². The third-order valence-corrected chi connectivity index (χ3v) is 5.87. The molecule has 0 spiro atoms. The number of para-hydroxylation sites is 1. The molecule has 6 heteroatoms. The number of methoxy groups -OCH3 is 1. The molecule has 2 aromatic carbocycles. The Bertz CT molecular complexity index is 890. The Morgan fingerprint density at radius 2 is 1.62 bits per heavy atom. The number of fused-ring (bicyclic) bond motifs is 1. The van der Waals surface area contributed by atoms with E-state index in [-0.39, 0.29) is 18.0 Å². The van der Waals surface area contributed by atoms with Crippen molar-refractivity contribution < 1.29 is 14.3 Å². The molecule has 152 valence electrons. The summed E-state index contributed by atoms with van der Waals surface area (Å²) in [7, 11) is 1.58. The molecule has 0 aromatic heterocycles. The van der Waals surface area contributed by atoms with Gasteiger partial charge in [0.05, 0.1) is 12.7 Å². The predicted molar refractivity (Wildman–Crippen MR) is 111 cm³/mol. The minimum absolute atomic E-state index is 0.00555. The molecule has 0 aliphatic carbocycles. The number of benzene rings is 2. The maximum Gasteiger partial charge on any atom is 0.317 e. The predicted octanol–water partition coefficient (Wildman–Crippen LogP) is 3.07. The Balaban J connectivity index is 1.30. The number of amides is 3. The lowest BCUT2D eigenvalue weighted by Crippen LogP contribution is -2.51. The average Bonchev–Trinajstić information content (AvgIpc) is 2.78. The van der Waals surface area contributed by atoms with E-state index in [0.29, 0.717) is 30.9 Å². The summed E-state index contributed by atoms with van der Waals surface area (Å²) in [5.41, 5.74) is 3.15. The van der Waals surface area contributed by atoms with Gasteiger partial charge < -0.3 is 19.9 Å². The van der Waals surface area contributed by atoms with Gasteiger partial charge >= 0.3 is 6.03 Å². The molecule has 0 bridgehead atoms. The Hall–Kier alpha value is -3.02. The highest BCUT2D eigenvalue weighted by Crippen LogP contribution is 2.22. The summed E-state index contributed by atoms with van der Waals surface area (Å²) in [6.45, 7) is 2.66. The fourth-order valence-corrected chi connectivity index (χ4v) is 4.15. The second-order valence-electron chi connectivity index (χ2n) is 7.66. The van der Waals surface area contributed by atoms with Crippen LogP contribution < -0.4 is 10.1 Å². The van der Waals surface area contributed by atoms with E-state index >= 15 is 0 Å². The topological polar surface area (TPSA) is 61.9 Å². The number of nitrogens with zero attached hydrogens (tertiary/aromatic N) is 2. The fourth-order valence-electron chi connectivity index (χ4n) is 4.15.